The van der Waals surface area contributed by atoms with Crippen LogP contribution in [0.1, 0.15) is 17.0 Å². The van der Waals surface area contributed by atoms with Gasteiger partial charge in [-0.15, -0.1) is 10.2 Å². The van der Waals surface area contributed by atoms with E-state index in [9.17, 15) is 18.5 Å². The van der Waals surface area contributed by atoms with Crippen molar-refractivity contribution in [3.05, 3.63) is 51.8 Å². The van der Waals surface area contributed by atoms with Gasteiger partial charge in [0, 0.05) is 22.7 Å². The monoisotopic (exact) mass is 491 g/mol. The van der Waals surface area contributed by atoms with Gasteiger partial charge >= 0.3 is 0 Å². The molecule has 3 rings (SSSR count). The number of nitrogens with one attached hydrogen (secondary N) is 1. The molecule has 0 atom stereocenters. The van der Waals surface area contributed by atoms with E-state index in [0.717, 1.165) is 23.3 Å². The van der Waals surface area contributed by atoms with Crippen molar-refractivity contribution < 1.29 is 17.9 Å². The number of hydrogen-bond acceptors (Lipinski definition) is 8. The molecule has 2 heterocycles. The molecule has 0 saturated heterocycles. The molecule has 0 bridgehead atoms. The van der Waals surface area contributed by atoms with Gasteiger partial charge in [-0.3, -0.25) is 10.1 Å². The van der Waals surface area contributed by atoms with Crippen LogP contribution in [0.25, 0.3) is 11.8 Å². The van der Waals surface area contributed by atoms with Crippen LogP contribution < -0.4 is 10.1 Å². The summed E-state index contributed by atoms with van der Waals surface area (Å²) in [6.45, 7) is 3.72. The third-order valence-corrected chi connectivity index (χ3v) is 7.20. The molecular formula is C20H18ClN5O4S2. The Morgan fingerprint density at radius 3 is 2.62 bits per heavy atom. The number of methoxy groups -OCH3 is 1. The van der Waals surface area contributed by atoms with E-state index in [4.69, 9.17) is 16.3 Å². The van der Waals surface area contributed by atoms with Crippen molar-refractivity contribution in [3.8, 4) is 17.5 Å². The van der Waals surface area contributed by atoms with E-state index in [-0.39, 0.29) is 15.0 Å². The minimum Gasteiger partial charge on any atom is -0.495 e. The number of nitrogens with zero attached hydrogens (tertiary/aromatic N) is 4. The van der Waals surface area contributed by atoms with E-state index >= 15 is 0 Å². The Kier molecular flexibility index (Phi) is 6.68. The van der Waals surface area contributed by atoms with Gasteiger partial charge in [0.2, 0.25) is 19.3 Å². The van der Waals surface area contributed by atoms with E-state index < -0.39 is 15.7 Å². The van der Waals surface area contributed by atoms with Crippen molar-refractivity contribution in [2.24, 2.45) is 0 Å². The fourth-order valence-corrected chi connectivity index (χ4v) is 4.69. The zero-order valence-corrected chi connectivity index (χ0v) is 19.9. The predicted octanol–water partition coefficient (Wildman–Crippen LogP) is 3.56. The Balaban J connectivity index is 1.96. The molecule has 0 aliphatic carbocycles. The maximum atomic E-state index is 12.6. The lowest BCUT2D eigenvalue weighted by Crippen LogP contribution is -2.13. The molecule has 2 aromatic heterocycles. The van der Waals surface area contributed by atoms with Crippen LogP contribution in [-0.2, 0) is 14.6 Å². The van der Waals surface area contributed by atoms with Gasteiger partial charge < -0.3 is 9.30 Å². The van der Waals surface area contributed by atoms with Gasteiger partial charge in [0.05, 0.1) is 12.8 Å². The number of carbonyl (C=O) groups excluding carboxylic acids is 1. The normalized spacial score (nSPS) is 11.8. The van der Waals surface area contributed by atoms with Crippen LogP contribution >= 0.6 is 22.9 Å². The number of hydrogen-bond donors (Lipinski definition) is 1. The van der Waals surface area contributed by atoms with Crippen molar-refractivity contribution in [1.29, 1.82) is 5.26 Å². The van der Waals surface area contributed by atoms with Crippen LogP contribution in [0.3, 0.4) is 0 Å². The van der Waals surface area contributed by atoms with Gasteiger partial charge in [0.1, 0.15) is 17.4 Å². The van der Waals surface area contributed by atoms with Gasteiger partial charge in [-0.25, -0.2) is 8.42 Å². The number of amides is 1. The predicted molar refractivity (Wildman–Crippen MR) is 122 cm³/mol. The number of nitriles is 1. The zero-order chi connectivity index (χ0) is 23.6. The number of aromatic nitrogens is 3. The molecule has 0 spiro atoms. The second-order valence-electron chi connectivity index (χ2n) is 6.75. The highest BCUT2D eigenvalue weighted by atomic mass is 35.5. The highest BCUT2D eigenvalue weighted by Crippen LogP contribution is 2.31. The first-order valence-corrected chi connectivity index (χ1v) is 12.1. The highest BCUT2D eigenvalue weighted by Gasteiger charge is 2.19. The van der Waals surface area contributed by atoms with Crippen molar-refractivity contribution in [1.82, 2.24) is 14.8 Å². The van der Waals surface area contributed by atoms with Crippen LogP contribution in [0.4, 0.5) is 5.13 Å². The second-order valence-corrected chi connectivity index (χ2v) is 10.4. The van der Waals surface area contributed by atoms with Crippen LogP contribution in [-0.4, -0.2) is 42.5 Å². The standard InChI is InChI=1S/C20H18ClN5O4S2/c1-11-7-13(12(2)26(11)16-9-15(21)5-6-17(16)30-3)8-14(10-22)18(27)23-19-24-25-20(31-19)32(4,28)29/h5-9H,1-4H3,(H,23,24,27)/b14-8-. The quantitative estimate of drug-likeness (QED) is 0.317. The van der Waals surface area contributed by atoms with Crippen LogP contribution in [0.5, 0.6) is 5.75 Å². The fourth-order valence-electron chi connectivity index (χ4n) is 3.02. The number of aryl methyl sites for hydroxylation is 1. The molecule has 0 fully saturated rings. The maximum absolute atomic E-state index is 12.6. The number of rotatable bonds is 6. The van der Waals surface area contributed by atoms with E-state index in [0.29, 0.717) is 27.7 Å². The van der Waals surface area contributed by atoms with E-state index in [2.05, 4.69) is 15.5 Å². The molecule has 9 nitrogen and oxygen atoms in total. The summed E-state index contributed by atoms with van der Waals surface area (Å²) in [4.78, 5) is 12.6. The number of ether oxygens (including phenoxy) is 1. The van der Waals surface area contributed by atoms with E-state index in [1.54, 1.807) is 25.3 Å². The summed E-state index contributed by atoms with van der Waals surface area (Å²) < 4.78 is 30.2. The lowest BCUT2D eigenvalue weighted by molar-refractivity contribution is -0.112. The van der Waals surface area contributed by atoms with Gasteiger partial charge in [-0.05, 0) is 49.8 Å². The molecule has 32 heavy (non-hydrogen) atoms. The third-order valence-electron chi connectivity index (χ3n) is 4.46. The molecule has 12 heteroatoms. The third kappa shape index (κ3) is 4.83. The summed E-state index contributed by atoms with van der Waals surface area (Å²) in [7, 11) is -1.99. The Morgan fingerprint density at radius 1 is 1.31 bits per heavy atom. The molecule has 1 amide bonds. The lowest BCUT2D eigenvalue weighted by Gasteiger charge is -2.14. The highest BCUT2D eigenvalue weighted by molar-refractivity contribution is 7.92. The van der Waals surface area contributed by atoms with Crippen LogP contribution in [0.2, 0.25) is 5.02 Å². The number of halogens is 1. The molecule has 0 radical (unpaired) electrons. The summed E-state index contributed by atoms with van der Waals surface area (Å²) in [5.41, 5.74) is 2.79. The Bertz CT molecular complexity index is 1380. The van der Waals surface area contributed by atoms with Crippen LogP contribution in [0, 0.1) is 25.2 Å². The number of carbonyl (C=O) groups is 1. The van der Waals surface area contributed by atoms with E-state index in [1.807, 2.05) is 30.6 Å². The Hall–Kier alpha value is -3.20. The molecule has 166 valence electrons. The van der Waals surface area contributed by atoms with Crippen molar-refractivity contribution in [2.75, 3.05) is 18.7 Å². The lowest BCUT2D eigenvalue weighted by atomic mass is 10.1. The van der Waals surface area contributed by atoms with Crippen molar-refractivity contribution in [3.63, 3.8) is 0 Å². The van der Waals surface area contributed by atoms with E-state index in [1.165, 1.54) is 6.08 Å². The average molecular weight is 492 g/mol. The first-order valence-electron chi connectivity index (χ1n) is 9.04. The second kappa shape index (κ2) is 9.12. The maximum Gasteiger partial charge on any atom is 0.268 e. The molecule has 0 saturated carbocycles. The molecular weight excluding hydrogens is 474 g/mol. The minimum absolute atomic E-state index is 0.0225. The smallest absolute Gasteiger partial charge is 0.268 e. The van der Waals surface area contributed by atoms with Gasteiger partial charge in [-0.1, -0.05) is 22.9 Å². The molecule has 1 aromatic carbocycles. The summed E-state index contributed by atoms with van der Waals surface area (Å²) >= 11 is 6.87. The van der Waals surface area contributed by atoms with Crippen molar-refractivity contribution >= 4 is 49.9 Å². The Morgan fingerprint density at radius 2 is 2.03 bits per heavy atom. The first-order chi connectivity index (χ1) is 15.0. The first kappa shape index (κ1) is 23.5. The number of benzene rings is 1. The van der Waals surface area contributed by atoms with Crippen LogP contribution in [0.15, 0.2) is 34.2 Å². The van der Waals surface area contributed by atoms with Gasteiger partial charge in [0.15, 0.2) is 0 Å². The SMILES string of the molecule is COc1ccc(Cl)cc1-n1c(C)cc(/C=C(/C#N)C(=O)Nc2nnc(S(C)(=O)=O)s2)c1C. The molecule has 0 aliphatic heterocycles. The van der Waals surface area contributed by atoms with Crippen molar-refractivity contribution in [2.45, 2.75) is 18.2 Å². The number of sulfone groups is 1. The van der Waals surface area contributed by atoms with Gasteiger partial charge in [0.25, 0.3) is 5.91 Å². The summed E-state index contributed by atoms with van der Waals surface area (Å²) in [5.74, 6) is -0.114. The largest absolute Gasteiger partial charge is 0.495 e. The topological polar surface area (TPSA) is 127 Å². The number of anilines is 1. The summed E-state index contributed by atoms with van der Waals surface area (Å²) in [5, 5.41) is 19.6. The van der Waals surface area contributed by atoms with Gasteiger partial charge in [-0.2, -0.15) is 5.26 Å². The molecule has 0 unspecified atom stereocenters. The fraction of sp³-hybridized carbons (Fsp3) is 0.200. The molecule has 1 N–H and O–H groups in total. The summed E-state index contributed by atoms with van der Waals surface area (Å²) in [6.07, 6.45) is 2.44. The molecule has 3 aromatic rings. The Labute approximate surface area is 193 Å². The molecule has 0 aliphatic rings. The average Bonchev–Trinajstić information content (AvgIpc) is 3.30. The summed E-state index contributed by atoms with van der Waals surface area (Å²) in [6, 6.07) is 8.94. The zero-order valence-electron chi connectivity index (χ0n) is 17.5. The minimum atomic E-state index is -3.54.